The molecule has 2 aliphatic rings. The topological polar surface area (TPSA) is 266 Å². The quantitative estimate of drug-likeness (QED) is 0.0404. The summed E-state index contributed by atoms with van der Waals surface area (Å²) in [6, 6.07) is 0. The zero-order valence-corrected chi connectivity index (χ0v) is 20.7. The Morgan fingerprint density at radius 3 is 2.06 bits per heavy atom. The van der Waals surface area contributed by atoms with E-state index in [-0.39, 0.29) is 24.6 Å². The number of hydrogen-bond acceptors (Lipinski definition) is 21. The van der Waals surface area contributed by atoms with Crippen LogP contribution < -0.4 is 10.5 Å². The second-order valence-corrected chi connectivity index (χ2v) is 9.09. The molecule has 2 rings (SSSR count). The lowest BCUT2D eigenvalue weighted by molar-refractivity contribution is -0.778. The van der Waals surface area contributed by atoms with Crippen molar-refractivity contribution >= 4 is 35.0 Å². The number of aliphatic hydroxyl groups excluding tert-OH is 3. The molecule has 0 bridgehead atoms. The van der Waals surface area contributed by atoms with Gasteiger partial charge in [0.25, 0.3) is 0 Å². The van der Waals surface area contributed by atoms with E-state index in [4.69, 9.17) is 27.3 Å². The molecular weight excluding hydrogens is 568 g/mol. The van der Waals surface area contributed by atoms with Gasteiger partial charge in [0.1, 0.15) is 48.8 Å². The number of methoxy groups -OCH3 is 1. The Morgan fingerprint density at radius 1 is 0.917 bits per heavy atom. The third-order valence-electron chi connectivity index (χ3n) is 5.04. The highest BCUT2D eigenvalue weighted by atomic mass is 32.3. The van der Waals surface area contributed by atoms with Gasteiger partial charge in [-0.2, -0.15) is 0 Å². The average molecular weight is 592 g/mol. The lowest BCUT2D eigenvalue weighted by Gasteiger charge is -2.47. The maximum Gasteiger partial charge on any atom is 0.217 e. The Balaban J connectivity index is 2.23. The lowest BCUT2D eigenvalue weighted by atomic mass is 9.95. The number of aliphatic hydroxyl groups is 3. The monoisotopic (exact) mass is 591 g/mol. The van der Waals surface area contributed by atoms with Crippen molar-refractivity contribution in [1.29, 1.82) is 0 Å². The number of hydrogen-bond donors (Lipinski definition) is 3. The van der Waals surface area contributed by atoms with E-state index in [2.05, 4.69) is 22.9 Å². The third kappa shape index (κ3) is 9.02. The van der Waals surface area contributed by atoms with Crippen LogP contribution in [0.15, 0.2) is 0 Å². The Hall–Kier alpha value is -0.0300. The van der Waals surface area contributed by atoms with Crippen molar-refractivity contribution < 1.29 is 89.0 Å². The maximum atomic E-state index is 10.9. The van der Waals surface area contributed by atoms with E-state index in [0.717, 1.165) is 0 Å². The van der Waals surface area contributed by atoms with Crippen LogP contribution in [-0.4, -0.2) is 110 Å². The summed E-state index contributed by atoms with van der Waals surface area (Å²) in [4.78, 5) is 0. The molecule has 214 valence electrons. The van der Waals surface area contributed by atoms with Crippen LogP contribution in [-0.2, 0) is 60.6 Å². The van der Waals surface area contributed by atoms with Crippen LogP contribution in [0.3, 0.4) is 0 Å². The first-order chi connectivity index (χ1) is 17.1. The molecule has 0 aliphatic carbocycles. The molecule has 2 fully saturated rings. The van der Waals surface area contributed by atoms with Crippen LogP contribution in [0.2, 0.25) is 0 Å². The standard InChI is InChI=1S/C14H26O19S3/c1-5-10(28-34-32-30-18)8(16)11(7(25-5)4-24-36(20,21)22)27-14-9(17)13(23-2)12(6(3-15)26-14)29-35-33-31-19/h5-19H,3-4H2,1-2H3,(H,20,21,22)/p-3/t5-,6?,7?,8?,9+,10-,11-,12-,13?,14-/m0/s1. The van der Waals surface area contributed by atoms with Gasteiger partial charge in [-0.25, -0.2) is 8.42 Å². The molecule has 0 aromatic rings. The molecule has 4 unspecified atom stereocenters. The van der Waals surface area contributed by atoms with E-state index in [1.807, 2.05) is 0 Å². The first-order valence-corrected chi connectivity index (χ1v) is 12.4. The normalized spacial score (nSPS) is 37.8. The lowest BCUT2D eigenvalue weighted by Crippen LogP contribution is -2.64. The maximum absolute atomic E-state index is 10.9. The Kier molecular flexibility index (Phi) is 13.9. The van der Waals surface area contributed by atoms with Gasteiger partial charge < -0.3 is 49.3 Å². The van der Waals surface area contributed by atoms with Gasteiger partial charge >= 0.3 is 0 Å². The molecule has 0 saturated carbocycles. The molecule has 2 aliphatic heterocycles. The summed E-state index contributed by atoms with van der Waals surface area (Å²) in [5, 5.41) is 57.5. The van der Waals surface area contributed by atoms with E-state index in [1.165, 1.54) is 14.0 Å². The highest BCUT2D eigenvalue weighted by Crippen LogP contribution is 2.34. The minimum Gasteiger partial charge on any atom is -0.726 e. The second-order valence-electron chi connectivity index (χ2n) is 7.11. The fraction of sp³-hybridized carbons (Fsp3) is 1.00. The van der Waals surface area contributed by atoms with Crippen LogP contribution in [0.5, 0.6) is 0 Å². The van der Waals surface area contributed by atoms with E-state index in [1.54, 1.807) is 0 Å². The third-order valence-corrected chi connectivity index (χ3v) is 6.29. The summed E-state index contributed by atoms with van der Waals surface area (Å²) in [6.45, 7) is -0.233. The Bertz CT molecular complexity index is 730. The fourth-order valence-electron chi connectivity index (χ4n) is 3.54. The van der Waals surface area contributed by atoms with Crippen molar-refractivity contribution in [2.45, 2.75) is 68.1 Å². The molecule has 0 spiro atoms. The summed E-state index contributed by atoms with van der Waals surface area (Å²) in [5.41, 5.74) is 0. The molecule has 0 aromatic carbocycles. The molecule has 10 atom stereocenters. The van der Waals surface area contributed by atoms with Crippen molar-refractivity contribution in [3.8, 4) is 0 Å². The number of ether oxygens (including phenoxy) is 4. The summed E-state index contributed by atoms with van der Waals surface area (Å²) < 4.78 is 77.1. The fourth-order valence-corrected chi connectivity index (χ4v) is 4.64. The largest absolute Gasteiger partial charge is 0.726 e. The molecule has 2 heterocycles. The van der Waals surface area contributed by atoms with Gasteiger partial charge in [0.2, 0.25) is 10.4 Å². The number of rotatable bonds is 15. The molecule has 0 amide bonds. The van der Waals surface area contributed by atoms with Crippen LogP contribution in [0.1, 0.15) is 6.92 Å². The van der Waals surface area contributed by atoms with Gasteiger partial charge in [-0.1, -0.05) is 0 Å². The SMILES string of the molecule is COC1[C@@H](OSOO[O-])C(CO)O[C@@H](O[C@H]2C(COS(=O)(=O)[O-])O[C@@H](C)[C@H](OSOO[O-])C2O)[C@@H]1O. The molecule has 2 saturated heterocycles. The van der Waals surface area contributed by atoms with E-state index in [0.29, 0.717) is 0 Å². The predicted octanol–water partition coefficient (Wildman–Crippen LogP) is -4.57. The average Bonchev–Trinajstić information content (AvgIpc) is 2.82. The highest BCUT2D eigenvalue weighted by Gasteiger charge is 2.52. The minimum atomic E-state index is -5.17. The Morgan fingerprint density at radius 2 is 1.53 bits per heavy atom. The molecule has 0 aromatic heterocycles. The van der Waals surface area contributed by atoms with Gasteiger partial charge in [0.15, 0.2) is 30.9 Å². The van der Waals surface area contributed by atoms with Crippen LogP contribution in [0.25, 0.3) is 0 Å². The molecule has 19 nitrogen and oxygen atoms in total. The van der Waals surface area contributed by atoms with Crippen molar-refractivity contribution in [3.05, 3.63) is 0 Å². The van der Waals surface area contributed by atoms with Gasteiger partial charge in [0, 0.05) is 7.11 Å². The molecule has 22 heteroatoms. The summed E-state index contributed by atoms with van der Waals surface area (Å²) in [7, 11) is -4.00. The molecule has 0 radical (unpaired) electrons. The van der Waals surface area contributed by atoms with E-state index < -0.39 is 84.8 Å². The predicted molar refractivity (Wildman–Crippen MR) is 103 cm³/mol. The van der Waals surface area contributed by atoms with Gasteiger partial charge in [-0.05, 0) is 6.92 Å². The smallest absolute Gasteiger partial charge is 0.217 e. The summed E-state index contributed by atoms with van der Waals surface area (Å²) in [5.74, 6) is 0. The first kappa shape index (κ1) is 32.2. The molecule has 3 N–H and O–H groups in total. The Labute approximate surface area is 212 Å². The van der Waals surface area contributed by atoms with Crippen molar-refractivity contribution in [2.75, 3.05) is 20.3 Å². The second kappa shape index (κ2) is 15.5. The van der Waals surface area contributed by atoms with Gasteiger partial charge in [-0.15, -0.1) is 8.67 Å². The molecular formula is C14H23O19S3-3. The summed E-state index contributed by atoms with van der Waals surface area (Å²) >= 11 is 0.121. The van der Waals surface area contributed by atoms with Gasteiger partial charge in [0.05, 0.1) is 19.3 Å². The first-order valence-electron chi connectivity index (χ1n) is 9.71. The van der Waals surface area contributed by atoms with Crippen LogP contribution in [0, 0.1) is 0 Å². The van der Waals surface area contributed by atoms with Crippen LogP contribution >= 0.6 is 24.6 Å². The van der Waals surface area contributed by atoms with Crippen molar-refractivity contribution in [3.63, 3.8) is 0 Å². The minimum absolute atomic E-state index is 0.0483. The van der Waals surface area contributed by atoms with Crippen molar-refractivity contribution in [2.24, 2.45) is 0 Å². The van der Waals surface area contributed by atoms with Gasteiger partial charge in [-0.3, -0.25) is 22.6 Å². The van der Waals surface area contributed by atoms with E-state index >= 15 is 0 Å². The van der Waals surface area contributed by atoms with Crippen molar-refractivity contribution in [1.82, 2.24) is 0 Å². The molecule has 36 heavy (non-hydrogen) atoms. The zero-order valence-electron chi connectivity index (χ0n) is 18.3. The van der Waals surface area contributed by atoms with Crippen LogP contribution in [0.4, 0.5) is 0 Å². The highest BCUT2D eigenvalue weighted by molar-refractivity contribution is 7.89. The summed E-state index contributed by atoms with van der Waals surface area (Å²) in [6.07, 6.45) is -14.1. The zero-order chi connectivity index (χ0) is 26.9. The van der Waals surface area contributed by atoms with E-state index in [9.17, 15) is 38.8 Å².